The number of hydrogen-bond donors (Lipinski definition) is 0. The fraction of sp³-hybridized carbons (Fsp3) is 0.750. The first-order valence-corrected chi connectivity index (χ1v) is 4.13. The molecule has 0 unspecified atom stereocenters. The SMILES string of the molecule is CCOC(=O)[CH2][Sn]. The standard InChI is InChI=1S/C4H7O2.Sn/c1-3-6-4(2)5;/h2-3H2,1H3;. The third-order valence-corrected chi connectivity index (χ3v) is 1.27. The van der Waals surface area contributed by atoms with Gasteiger partial charge in [-0.3, -0.25) is 0 Å². The molecular formula is C4H7O2Sn. The number of rotatable bonds is 2. The first kappa shape index (κ1) is 7.27. The Morgan fingerprint density at radius 3 is 2.57 bits per heavy atom. The van der Waals surface area contributed by atoms with Gasteiger partial charge in [0.05, 0.1) is 0 Å². The van der Waals surface area contributed by atoms with E-state index in [2.05, 4.69) is 4.74 Å². The molecule has 7 heavy (non-hydrogen) atoms. The molecule has 0 aliphatic carbocycles. The van der Waals surface area contributed by atoms with E-state index in [1.165, 1.54) is 22.5 Å². The van der Waals surface area contributed by atoms with Gasteiger partial charge in [-0.05, 0) is 0 Å². The normalized spacial score (nSPS) is 8.29. The van der Waals surface area contributed by atoms with Crippen LogP contribution in [0, 0.1) is 0 Å². The van der Waals surface area contributed by atoms with Gasteiger partial charge in [0.25, 0.3) is 0 Å². The first-order valence-electron chi connectivity index (χ1n) is 2.11. The molecule has 0 aliphatic heterocycles. The van der Waals surface area contributed by atoms with Gasteiger partial charge in [-0.15, -0.1) is 0 Å². The number of esters is 1. The summed E-state index contributed by atoms with van der Waals surface area (Å²) in [6.45, 7) is 2.32. The van der Waals surface area contributed by atoms with Crippen LogP contribution in [0.4, 0.5) is 0 Å². The molecule has 0 fully saturated rings. The minimum absolute atomic E-state index is 0.0827. The van der Waals surface area contributed by atoms with Crippen molar-refractivity contribution in [3.8, 4) is 0 Å². The van der Waals surface area contributed by atoms with E-state index >= 15 is 0 Å². The summed E-state index contributed by atoms with van der Waals surface area (Å²) in [5, 5.41) is 0. The van der Waals surface area contributed by atoms with Gasteiger partial charge in [-0.1, -0.05) is 0 Å². The van der Waals surface area contributed by atoms with Crippen molar-refractivity contribution in [2.24, 2.45) is 0 Å². The van der Waals surface area contributed by atoms with Gasteiger partial charge in [0.1, 0.15) is 0 Å². The fourth-order valence-corrected chi connectivity index (χ4v) is 0.503. The van der Waals surface area contributed by atoms with Crippen LogP contribution in [0.15, 0.2) is 0 Å². The van der Waals surface area contributed by atoms with E-state index in [1.54, 1.807) is 0 Å². The Kier molecular flexibility index (Phi) is 4.60. The molecule has 3 radical (unpaired) electrons. The molecule has 0 aromatic heterocycles. The van der Waals surface area contributed by atoms with Gasteiger partial charge < -0.3 is 0 Å². The van der Waals surface area contributed by atoms with Gasteiger partial charge in [0.2, 0.25) is 0 Å². The average Bonchev–Trinajstić information content (AvgIpc) is 1.68. The molecule has 0 N–H and O–H groups in total. The number of carbonyl (C=O) groups excluding carboxylic acids is 1. The van der Waals surface area contributed by atoms with E-state index in [4.69, 9.17) is 0 Å². The Morgan fingerprint density at radius 2 is 2.43 bits per heavy atom. The van der Waals surface area contributed by atoms with Crippen LogP contribution in [-0.2, 0) is 9.53 Å². The monoisotopic (exact) mass is 207 g/mol. The van der Waals surface area contributed by atoms with Crippen molar-refractivity contribution in [2.45, 2.75) is 11.4 Å². The minimum atomic E-state index is -0.0827. The second kappa shape index (κ2) is 4.43. The molecule has 0 rings (SSSR count). The van der Waals surface area contributed by atoms with Crippen LogP contribution in [0.5, 0.6) is 0 Å². The number of hydrogen-bond acceptors (Lipinski definition) is 2. The summed E-state index contributed by atoms with van der Waals surface area (Å²) in [5.74, 6) is -0.0827. The van der Waals surface area contributed by atoms with E-state index in [9.17, 15) is 4.79 Å². The van der Waals surface area contributed by atoms with Crippen LogP contribution in [0.25, 0.3) is 0 Å². The molecule has 0 spiro atoms. The van der Waals surface area contributed by atoms with Gasteiger partial charge in [-0.25, -0.2) is 0 Å². The van der Waals surface area contributed by atoms with Crippen LogP contribution in [0.3, 0.4) is 0 Å². The molecule has 0 atom stereocenters. The Morgan fingerprint density at radius 1 is 1.86 bits per heavy atom. The Hall–Kier alpha value is 0.269. The quantitative estimate of drug-likeness (QED) is 0.474. The molecule has 2 nitrogen and oxygen atoms in total. The first-order chi connectivity index (χ1) is 3.31. The zero-order valence-electron chi connectivity index (χ0n) is 4.23. The fourth-order valence-electron chi connectivity index (χ4n) is 0.212. The van der Waals surface area contributed by atoms with E-state index in [-0.39, 0.29) is 5.97 Å². The summed E-state index contributed by atoms with van der Waals surface area (Å²) in [5.41, 5.74) is 0. The third kappa shape index (κ3) is 4.11. The molecule has 0 aromatic rings. The molecule has 3 heteroatoms. The summed E-state index contributed by atoms with van der Waals surface area (Å²) in [6.07, 6.45) is 0. The van der Waals surface area contributed by atoms with Crippen LogP contribution < -0.4 is 0 Å². The van der Waals surface area contributed by atoms with Gasteiger partial charge >= 0.3 is 56.0 Å². The van der Waals surface area contributed by atoms with Crippen molar-refractivity contribution in [1.29, 1.82) is 0 Å². The number of ether oxygens (including phenoxy) is 1. The molecule has 0 heterocycles. The van der Waals surface area contributed by atoms with Crippen molar-refractivity contribution in [1.82, 2.24) is 0 Å². The molecule has 0 saturated carbocycles. The summed E-state index contributed by atoms with van der Waals surface area (Å²) >= 11 is 1.22. The van der Waals surface area contributed by atoms with Crippen molar-refractivity contribution < 1.29 is 9.53 Å². The van der Waals surface area contributed by atoms with Crippen molar-refractivity contribution in [3.63, 3.8) is 0 Å². The maximum atomic E-state index is 10.2. The zero-order chi connectivity index (χ0) is 5.70. The number of carbonyl (C=O) groups is 1. The Balaban J connectivity index is 3.00. The third-order valence-electron chi connectivity index (χ3n) is 0.450. The average molecular weight is 206 g/mol. The van der Waals surface area contributed by atoms with Crippen LogP contribution in [0.2, 0.25) is 4.44 Å². The van der Waals surface area contributed by atoms with Crippen LogP contribution in [-0.4, -0.2) is 35.1 Å². The Labute approximate surface area is 56.3 Å². The summed E-state index contributed by atoms with van der Waals surface area (Å²) in [6, 6.07) is 0. The maximum absolute atomic E-state index is 10.2. The van der Waals surface area contributed by atoms with E-state index < -0.39 is 0 Å². The van der Waals surface area contributed by atoms with Gasteiger partial charge in [-0.2, -0.15) is 0 Å². The van der Waals surface area contributed by atoms with Crippen LogP contribution in [0.1, 0.15) is 6.92 Å². The predicted octanol–water partition coefficient (Wildman–Crippen LogP) is 0.136. The molecule has 0 aliphatic rings. The van der Waals surface area contributed by atoms with Crippen molar-refractivity contribution in [2.75, 3.05) is 6.61 Å². The predicted molar refractivity (Wildman–Crippen MR) is 27.2 cm³/mol. The summed E-state index contributed by atoms with van der Waals surface area (Å²) < 4.78 is 5.14. The topological polar surface area (TPSA) is 26.3 Å². The van der Waals surface area contributed by atoms with Gasteiger partial charge in [0, 0.05) is 0 Å². The zero-order valence-corrected chi connectivity index (χ0v) is 7.08. The molecule has 0 aromatic carbocycles. The molecule has 39 valence electrons. The summed E-state index contributed by atoms with van der Waals surface area (Å²) in [4.78, 5) is 10.2. The second-order valence-corrected chi connectivity index (χ2v) is 1.99. The van der Waals surface area contributed by atoms with Crippen molar-refractivity contribution >= 4 is 28.5 Å². The Bertz CT molecular complexity index is 62.7. The molecular weight excluding hydrogens is 199 g/mol. The van der Waals surface area contributed by atoms with Gasteiger partial charge in [0.15, 0.2) is 0 Å². The molecule has 0 bridgehead atoms. The van der Waals surface area contributed by atoms with Crippen LogP contribution >= 0.6 is 0 Å². The van der Waals surface area contributed by atoms with E-state index in [0.29, 0.717) is 11.0 Å². The second-order valence-electron chi connectivity index (χ2n) is 0.982. The molecule has 0 amide bonds. The molecule has 0 saturated heterocycles. The van der Waals surface area contributed by atoms with Crippen molar-refractivity contribution in [3.05, 3.63) is 0 Å². The summed E-state index contributed by atoms with van der Waals surface area (Å²) in [7, 11) is 0. The van der Waals surface area contributed by atoms with E-state index in [1.807, 2.05) is 6.92 Å². The van der Waals surface area contributed by atoms with E-state index in [0.717, 1.165) is 0 Å².